The third-order valence-electron chi connectivity index (χ3n) is 4.11. The highest BCUT2D eigenvalue weighted by molar-refractivity contribution is 6.31. The minimum Gasteiger partial charge on any atom is -0.495 e. The van der Waals surface area contributed by atoms with Crippen molar-refractivity contribution in [3.63, 3.8) is 0 Å². The Bertz CT molecular complexity index is 876. The third kappa shape index (κ3) is 3.62. The van der Waals surface area contributed by atoms with Gasteiger partial charge < -0.3 is 15.0 Å². The van der Waals surface area contributed by atoms with E-state index >= 15 is 0 Å². The SMILES string of the molecule is COc1ccc(Cl)cc1N1CC(C(=O)Nc2cc(F)ccc2F)CC1=O. The predicted octanol–water partition coefficient (Wildman–Crippen LogP) is 3.62. The Balaban J connectivity index is 1.78. The molecule has 0 radical (unpaired) electrons. The molecule has 1 aliphatic rings. The maximum absolute atomic E-state index is 13.7. The summed E-state index contributed by atoms with van der Waals surface area (Å²) in [6.45, 7) is 0.0817. The molecule has 5 nitrogen and oxygen atoms in total. The fourth-order valence-electron chi connectivity index (χ4n) is 2.82. The number of hydrogen-bond donors (Lipinski definition) is 1. The molecule has 0 aliphatic carbocycles. The Kier molecular flexibility index (Phi) is 5.08. The van der Waals surface area contributed by atoms with Crippen LogP contribution in [0.5, 0.6) is 5.75 Å². The van der Waals surface area contributed by atoms with Crippen molar-refractivity contribution < 1.29 is 23.1 Å². The topological polar surface area (TPSA) is 58.6 Å². The smallest absolute Gasteiger partial charge is 0.229 e. The van der Waals surface area contributed by atoms with Gasteiger partial charge in [0.2, 0.25) is 11.8 Å². The van der Waals surface area contributed by atoms with Crippen molar-refractivity contribution in [2.45, 2.75) is 6.42 Å². The predicted molar refractivity (Wildman–Crippen MR) is 93.5 cm³/mol. The van der Waals surface area contributed by atoms with Gasteiger partial charge in [-0.15, -0.1) is 0 Å². The fraction of sp³-hybridized carbons (Fsp3) is 0.222. The molecule has 26 heavy (non-hydrogen) atoms. The Morgan fingerprint density at radius 1 is 1.27 bits per heavy atom. The Labute approximate surface area is 153 Å². The molecule has 136 valence electrons. The lowest BCUT2D eigenvalue weighted by molar-refractivity contribution is -0.122. The zero-order valence-electron chi connectivity index (χ0n) is 13.8. The first-order valence-corrected chi connectivity index (χ1v) is 8.16. The second-order valence-electron chi connectivity index (χ2n) is 5.83. The number of amides is 2. The van der Waals surface area contributed by atoms with Crippen LogP contribution in [0.1, 0.15) is 6.42 Å². The lowest BCUT2D eigenvalue weighted by Crippen LogP contribution is -2.28. The van der Waals surface area contributed by atoms with Gasteiger partial charge >= 0.3 is 0 Å². The van der Waals surface area contributed by atoms with Crippen LogP contribution in [0.25, 0.3) is 0 Å². The molecule has 8 heteroatoms. The van der Waals surface area contributed by atoms with E-state index in [2.05, 4.69) is 5.32 Å². The van der Waals surface area contributed by atoms with E-state index in [9.17, 15) is 18.4 Å². The normalized spacial score (nSPS) is 16.7. The molecule has 0 saturated carbocycles. The number of nitrogens with one attached hydrogen (secondary N) is 1. The van der Waals surface area contributed by atoms with E-state index in [1.54, 1.807) is 18.2 Å². The number of benzene rings is 2. The first kappa shape index (κ1) is 18.1. The summed E-state index contributed by atoms with van der Waals surface area (Å²) in [5.74, 6) is -2.54. The summed E-state index contributed by atoms with van der Waals surface area (Å²) < 4.78 is 32.2. The zero-order chi connectivity index (χ0) is 18.8. The Hall–Kier alpha value is -2.67. The molecule has 1 saturated heterocycles. The van der Waals surface area contributed by atoms with Gasteiger partial charge in [-0.25, -0.2) is 8.78 Å². The van der Waals surface area contributed by atoms with Crippen molar-refractivity contribution in [2.24, 2.45) is 5.92 Å². The molecule has 0 aromatic heterocycles. The van der Waals surface area contributed by atoms with Crippen LogP contribution in [0.15, 0.2) is 36.4 Å². The molecular weight excluding hydrogens is 366 g/mol. The first-order chi connectivity index (χ1) is 12.4. The summed E-state index contributed by atoms with van der Waals surface area (Å²) in [6, 6.07) is 7.60. The van der Waals surface area contributed by atoms with E-state index in [-0.39, 0.29) is 24.6 Å². The van der Waals surface area contributed by atoms with Crippen molar-refractivity contribution in [1.29, 1.82) is 0 Å². The molecule has 2 amide bonds. The maximum atomic E-state index is 13.7. The van der Waals surface area contributed by atoms with Crippen molar-refractivity contribution in [1.82, 2.24) is 0 Å². The van der Waals surface area contributed by atoms with E-state index in [1.165, 1.54) is 12.0 Å². The number of rotatable bonds is 4. The summed E-state index contributed by atoms with van der Waals surface area (Å²) in [7, 11) is 1.46. The third-order valence-corrected chi connectivity index (χ3v) is 4.35. The number of ether oxygens (including phenoxy) is 1. The average Bonchev–Trinajstić information content (AvgIpc) is 3.00. The minimum atomic E-state index is -0.752. The number of carbonyl (C=O) groups excluding carboxylic acids is 2. The second kappa shape index (κ2) is 7.29. The lowest BCUT2D eigenvalue weighted by Gasteiger charge is -2.20. The monoisotopic (exact) mass is 380 g/mol. The molecule has 1 aliphatic heterocycles. The molecule has 1 unspecified atom stereocenters. The molecular formula is C18H15ClF2N2O3. The van der Waals surface area contributed by atoms with Crippen molar-refractivity contribution in [3.8, 4) is 5.75 Å². The Morgan fingerprint density at radius 3 is 2.77 bits per heavy atom. The van der Waals surface area contributed by atoms with E-state index in [0.29, 0.717) is 16.5 Å². The summed E-state index contributed by atoms with van der Waals surface area (Å²) in [5.41, 5.74) is 0.193. The number of nitrogens with zero attached hydrogens (tertiary/aromatic N) is 1. The Morgan fingerprint density at radius 2 is 2.04 bits per heavy atom. The van der Waals surface area contributed by atoms with Crippen molar-refractivity contribution >= 4 is 34.8 Å². The van der Waals surface area contributed by atoms with Gasteiger partial charge in [0, 0.05) is 24.1 Å². The van der Waals surface area contributed by atoms with Gasteiger partial charge in [-0.05, 0) is 30.3 Å². The van der Waals surface area contributed by atoms with Gasteiger partial charge in [-0.1, -0.05) is 11.6 Å². The van der Waals surface area contributed by atoms with Gasteiger partial charge in [0.25, 0.3) is 0 Å². The van der Waals surface area contributed by atoms with Gasteiger partial charge in [0.1, 0.15) is 17.4 Å². The average molecular weight is 381 g/mol. The molecule has 1 fully saturated rings. The van der Waals surface area contributed by atoms with Crippen molar-refractivity contribution in [3.05, 3.63) is 53.1 Å². The summed E-state index contributed by atoms with van der Waals surface area (Å²) in [4.78, 5) is 26.1. The van der Waals surface area contributed by atoms with Crippen LogP contribution in [0.2, 0.25) is 5.02 Å². The summed E-state index contributed by atoms with van der Waals surface area (Å²) in [6.07, 6.45) is -0.0571. The molecule has 1 heterocycles. The number of halogens is 3. The fourth-order valence-corrected chi connectivity index (χ4v) is 2.98. The summed E-state index contributed by atoms with van der Waals surface area (Å²) in [5, 5.41) is 2.76. The van der Waals surface area contributed by atoms with Gasteiger partial charge in [-0.2, -0.15) is 0 Å². The number of anilines is 2. The number of hydrogen-bond acceptors (Lipinski definition) is 3. The maximum Gasteiger partial charge on any atom is 0.229 e. The molecule has 2 aromatic rings. The standard InChI is InChI=1S/C18H15ClF2N2O3/c1-26-16-5-2-11(19)7-15(16)23-9-10(6-17(23)24)18(25)22-14-8-12(20)3-4-13(14)21/h2-5,7-8,10H,6,9H2,1H3,(H,22,25). The molecule has 1 atom stereocenters. The molecule has 1 N–H and O–H groups in total. The van der Waals surface area contributed by atoms with Crippen LogP contribution in [-0.4, -0.2) is 25.5 Å². The van der Waals surface area contributed by atoms with E-state index in [0.717, 1.165) is 18.2 Å². The summed E-state index contributed by atoms with van der Waals surface area (Å²) >= 11 is 5.99. The van der Waals surface area contributed by atoms with E-state index in [1.807, 2.05) is 0 Å². The second-order valence-corrected chi connectivity index (χ2v) is 6.27. The van der Waals surface area contributed by atoms with Crippen LogP contribution in [-0.2, 0) is 9.59 Å². The highest BCUT2D eigenvalue weighted by atomic mass is 35.5. The lowest BCUT2D eigenvalue weighted by atomic mass is 10.1. The zero-order valence-corrected chi connectivity index (χ0v) is 14.5. The van der Waals surface area contributed by atoms with Crippen LogP contribution in [0, 0.1) is 17.6 Å². The number of carbonyl (C=O) groups is 2. The van der Waals surface area contributed by atoms with Crippen LogP contribution < -0.4 is 15.0 Å². The van der Waals surface area contributed by atoms with Crippen LogP contribution >= 0.6 is 11.6 Å². The van der Waals surface area contributed by atoms with E-state index in [4.69, 9.17) is 16.3 Å². The van der Waals surface area contributed by atoms with Gasteiger partial charge in [0.15, 0.2) is 0 Å². The highest BCUT2D eigenvalue weighted by Gasteiger charge is 2.36. The largest absolute Gasteiger partial charge is 0.495 e. The highest BCUT2D eigenvalue weighted by Crippen LogP contribution is 2.35. The molecule has 3 rings (SSSR count). The quantitative estimate of drug-likeness (QED) is 0.881. The van der Waals surface area contributed by atoms with Crippen LogP contribution in [0.3, 0.4) is 0 Å². The number of methoxy groups -OCH3 is 1. The molecule has 2 aromatic carbocycles. The minimum absolute atomic E-state index is 0.0571. The van der Waals surface area contributed by atoms with Gasteiger partial charge in [0.05, 0.1) is 24.4 Å². The van der Waals surface area contributed by atoms with Gasteiger partial charge in [-0.3, -0.25) is 9.59 Å². The molecule has 0 spiro atoms. The van der Waals surface area contributed by atoms with E-state index < -0.39 is 23.5 Å². The van der Waals surface area contributed by atoms with Crippen LogP contribution in [0.4, 0.5) is 20.2 Å². The first-order valence-electron chi connectivity index (χ1n) is 7.79. The molecule has 0 bridgehead atoms. The van der Waals surface area contributed by atoms with Crippen molar-refractivity contribution in [2.75, 3.05) is 23.9 Å².